The second kappa shape index (κ2) is 8.91. The van der Waals surface area contributed by atoms with E-state index in [0.29, 0.717) is 5.69 Å². The smallest absolute Gasteiger partial charge is 0.334 e. The number of hydrogen-bond donors (Lipinski definition) is 2. The minimum absolute atomic E-state index is 0.0721. The lowest BCUT2D eigenvalue weighted by molar-refractivity contribution is -0.383. The number of aromatic nitrogens is 2. The first-order chi connectivity index (χ1) is 15.1. The minimum Gasteiger partial charge on any atom is -0.334 e. The van der Waals surface area contributed by atoms with E-state index in [1.54, 1.807) is 5.01 Å². The molecule has 31 heavy (non-hydrogen) atoms. The molecule has 0 saturated carbocycles. The molecule has 0 aliphatic rings. The van der Waals surface area contributed by atoms with Crippen molar-refractivity contribution in [2.75, 3.05) is 15.8 Å². The molecule has 8 nitrogen and oxygen atoms in total. The quantitative estimate of drug-likeness (QED) is 0.301. The van der Waals surface area contributed by atoms with E-state index in [0.717, 1.165) is 16.9 Å². The van der Waals surface area contributed by atoms with Crippen molar-refractivity contribution in [3.05, 3.63) is 107 Å². The van der Waals surface area contributed by atoms with Gasteiger partial charge >= 0.3 is 5.69 Å². The number of nitrogens with one attached hydrogen (secondary N) is 2. The highest BCUT2D eigenvalue weighted by Gasteiger charge is 2.25. The van der Waals surface area contributed by atoms with Gasteiger partial charge in [-0.15, -0.1) is 0 Å². The summed E-state index contributed by atoms with van der Waals surface area (Å²) in [7, 11) is 0. The Morgan fingerprint density at radius 2 is 1.45 bits per heavy atom. The van der Waals surface area contributed by atoms with Gasteiger partial charge in [-0.05, 0) is 48.9 Å². The molecule has 0 atom stereocenters. The van der Waals surface area contributed by atoms with Gasteiger partial charge in [0.2, 0.25) is 11.6 Å². The molecule has 0 unspecified atom stereocenters. The van der Waals surface area contributed by atoms with Gasteiger partial charge < -0.3 is 5.32 Å². The molecule has 0 spiro atoms. The molecule has 3 aromatic carbocycles. The molecular formula is C23H20N6O2. The van der Waals surface area contributed by atoms with Gasteiger partial charge in [-0.1, -0.05) is 48.5 Å². The van der Waals surface area contributed by atoms with Crippen LogP contribution in [-0.4, -0.2) is 14.9 Å². The van der Waals surface area contributed by atoms with Gasteiger partial charge in [0, 0.05) is 5.69 Å². The molecule has 0 aliphatic carbocycles. The molecule has 8 heteroatoms. The van der Waals surface area contributed by atoms with E-state index in [9.17, 15) is 10.1 Å². The Balaban J connectivity index is 1.75. The standard InChI is InChI=1S/C23H20N6O2/c1-17-9-8-10-18(15-17)26-22-21(29(30)31)23(25-16-24-22)27-28(19-11-4-2-5-12-19)20-13-6-3-7-14-20/h2-16H,1H3,(H2,24,25,26,27). The summed E-state index contributed by atoms with van der Waals surface area (Å²) in [5.41, 5.74) is 6.18. The van der Waals surface area contributed by atoms with Gasteiger partial charge in [0.15, 0.2) is 0 Å². The number of anilines is 5. The van der Waals surface area contributed by atoms with Gasteiger partial charge in [-0.2, -0.15) is 0 Å². The van der Waals surface area contributed by atoms with Crippen LogP contribution in [0.5, 0.6) is 0 Å². The second-order valence-corrected chi connectivity index (χ2v) is 6.79. The highest BCUT2D eigenvalue weighted by atomic mass is 16.6. The second-order valence-electron chi connectivity index (χ2n) is 6.79. The van der Waals surface area contributed by atoms with E-state index in [1.807, 2.05) is 91.9 Å². The molecule has 0 fully saturated rings. The number of aryl methyl sites for hydroxylation is 1. The maximum Gasteiger partial charge on any atom is 0.355 e. The highest BCUT2D eigenvalue weighted by Crippen LogP contribution is 2.34. The third-order valence-corrected chi connectivity index (χ3v) is 4.53. The Morgan fingerprint density at radius 3 is 2.03 bits per heavy atom. The Kier molecular flexibility index (Phi) is 5.70. The third kappa shape index (κ3) is 4.59. The molecule has 4 aromatic rings. The Morgan fingerprint density at radius 1 is 0.839 bits per heavy atom. The first-order valence-electron chi connectivity index (χ1n) is 9.62. The topological polar surface area (TPSA) is 96.2 Å². The monoisotopic (exact) mass is 412 g/mol. The van der Waals surface area contributed by atoms with Gasteiger partial charge in [0.25, 0.3) is 0 Å². The number of rotatable bonds is 7. The van der Waals surface area contributed by atoms with Crippen LogP contribution in [0.1, 0.15) is 5.56 Å². The van der Waals surface area contributed by atoms with Crippen molar-refractivity contribution < 1.29 is 4.92 Å². The molecule has 0 aliphatic heterocycles. The average molecular weight is 412 g/mol. The minimum atomic E-state index is -0.491. The Bertz CT molecular complexity index is 1150. The van der Waals surface area contributed by atoms with E-state index in [-0.39, 0.29) is 17.3 Å². The molecule has 0 saturated heterocycles. The van der Waals surface area contributed by atoms with Crippen LogP contribution in [0.3, 0.4) is 0 Å². The van der Waals surface area contributed by atoms with Crippen molar-refractivity contribution in [2.45, 2.75) is 6.92 Å². The van der Waals surface area contributed by atoms with Gasteiger partial charge in [0.1, 0.15) is 6.33 Å². The van der Waals surface area contributed by atoms with Crippen molar-refractivity contribution in [2.24, 2.45) is 0 Å². The molecule has 2 N–H and O–H groups in total. The zero-order valence-electron chi connectivity index (χ0n) is 16.8. The van der Waals surface area contributed by atoms with Crippen LogP contribution < -0.4 is 15.8 Å². The van der Waals surface area contributed by atoms with Crippen LogP contribution in [0.25, 0.3) is 0 Å². The number of para-hydroxylation sites is 2. The molecule has 0 bridgehead atoms. The van der Waals surface area contributed by atoms with Crippen LogP contribution in [0.15, 0.2) is 91.3 Å². The first-order valence-corrected chi connectivity index (χ1v) is 9.62. The zero-order valence-corrected chi connectivity index (χ0v) is 16.8. The van der Waals surface area contributed by atoms with Crippen LogP contribution in [-0.2, 0) is 0 Å². The van der Waals surface area contributed by atoms with E-state index in [4.69, 9.17) is 0 Å². The maximum atomic E-state index is 12.0. The fourth-order valence-corrected chi connectivity index (χ4v) is 3.12. The van der Waals surface area contributed by atoms with Crippen LogP contribution in [0.2, 0.25) is 0 Å². The van der Waals surface area contributed by atoms with E-state index in [1.165, 1.54) is 6.33 Å². The number of nitrogens with zero attached hydrogens (tertiary/aromatic N) is 4. The predicted octanol–water partition coefficient (Wildman–Crippen LogP) is 5.60. The van der Waals surface area contributed by atoms with Crippen LogP contribution in [0.4, 0.5) is 34.4 Å². The lowest BCUT2D eigenvalue weighted by atomic mass is 10.2. The molecule has 0 amide bonds. The highest BCUT2D eigenvalue weighted by molar-refractivity contribution is 5.77. The summed E-state index contributed by atoms with van der Waals surface area (Å²) in [6.07, 6.45) is 1.29. The molecule has 4 rings (SSSR count). The normalized spacial score (nSPS) is 10.4. The SMILES string of the molecule is Cc1cccc(Nc2ncnc(NN(c3ccccc3)c3ccccc3)c2[N+](=O)[O-])c1. The van der Waals surface area contributed by atoms with Crippen molar-refractivity contribution in [3.63, 3.8) is 0 Å². The molecule has 1 aromatic heterocycles. The fraction of sp³-hybridized carbons (Fsp3) is 0.0435. The molecule has 154 valence electrons. The number of hydrazine groups is 1. The summed E-state index contributed by atoms with van der Waals surface area (Å²) in [5, 5.41) is 16.8. The van der Waals surface area contributed by atoms with Crippen LogP contribution >= 0.6 is 0 Å². The molecular weight excluding hydrogens is 392 g/mol. The molecule has 0 radical (unpaired) electrons. The third-order valence-electron chi connectivity index (χ3n) is 4.53. The number of hydrogen-bond acceptors (Lipinski definition) is 7. The summed E-state index contributed by atoms with van der Waals surface area (Å²) < 4.78 is 0. The largest absolute Gasteiger partial charge is 0.355 e. The summed E-state index contributed by atoms with van der Waals surface area (Å²) in [4.78, 5) is 19.8. The summed E-state index contributed by atoms with van der Waals surface area (Å²) in [5.74, 6) is 0.178. The fourth-order valence-electron chi connectivity index (χ4n) is 3.12. The first kappa shape index (κ1) is 19.8. The number of benzene rings is 3. The van der Waals surface area contributed by atoms with E-state index in [2.05, 4.69) is 20.7 Å². The predicted molar refractivity (Wildman–Crippen MR) is 122 cm³/mol. The summed E-state index contributed by atoms with van der Waals surface area (Å²) >= 11 is 0. The van der Waals surface area contributed by atoms with Crippen molar-refractivity contribution in [3.8, 4) is 0 Å². The lowest BCUT2D eigenvalue weighted by Gasteiger charge is -2.26. The van der Waals surface area contributed by atoms with E-state index < -0.39 is 4.92 Å². The van der Waals surface area contributed by atoms with Gasteiger partial charge in [0.05, 0.1) is 16.3 Å². The van der Waals surface area contributed by atoms with Gasteiger partial charge in [-0.3, -0.25) is 20.5 Å². The maximum absolute atomic E-state index is 12.0. The van der Waals surface area contributed by atoms with Crippen molar-refractivity contribution >= 4 is 34.4 Å². The van der Waals surface area contributed by atoms with Crippen molar-refractivity contribution in [1.82, 2.24) is 9.97 Å². The van der Waals surface area contributed by atoms with Crippen molar-refractivity contribution in [1.29, 1.82) is 0 Å². The average Bonchev–Trinajstić information content (AvgIpc) is 2.78. The summed E-state index contributed by atoms with van der Waals surface area (Å²) in [6, 6.07) is 26.5. The number of nitro groups is 1. The molecule has 1 heterocycles. The Labute approximate surface area is 179 Å². The Hall–Kier alpha value is -4.46. The lowest BCUT2D eigenvalue weighted by Crippen LogP contribution is -2.26. The van der Waals surface area contributed by atoms with Crippen LogP contribution in [0, 0.1) is 17.0 Å². The van der Waals surface area contributed by atoms with Gasteiger partial charge in [-0.25, -0.2) is 9.97 Å². The zero-order chi connectivity index (χ0) is 21.6. The van der Waals surface area contributed by atoms with E-state index >= 15 is 0 Å². The summed E-state index contributed by atoms with van der Waals surface area (Å²) in [6.45, 7) is 1.95.